The summed E-state index contributed by atoms with van der Waals surface area (Å²) in [6.07, 6.45) is 2.32. The molecular formula is C27H31N5O4S. The van der Waals surface area contributed by atoms with Crippen molar-refractivity contribution in [2.24, 2.45) is 9.98 Å². The molecule has 4 rings (SSSR count). The summed E-state index contributed by atoms with van der Waals surface area (Å²) in [5.41, 5.74) is 2.02. The van der Waals surface area contributed by atoms with Crippen molar-refractivity contribution < 1.29 is 19.1 Å². The van der Waals surface area contributed by atoms with E-state index in [4.69, 9.17) is 9.73 Å². The Morgan fingerprint density at radius 1 is 1.14 bits per heavy atom. The van der Waals surface area contributed by atoms with E-state index in [2.05, 4.69) is 15.6 Å². The lowest BCUT2D eigenvalue weighted by Gasteiger charge is -2.32. The molecule has 2 aromatic carbocycles. The van der Waals surface area contributed by atoms with E-state index in [1.54, 1.807) is 36.3 Å². The predicted octanol–water partition coefficient (Wildman–Crippen LogP) is 4.11. The number of thioether (sulfide) groups is 1. The van der Waals surface area contributed by atoms with Gasteiger partial charge < -0.3 is 15.4 Å². The molecule has 37 heavy (non-hydrogen) atoms. The first-order valence-corrected chi connectivity index (χ1v) is 13.3. The van der Waals surface area contributed by atoms with Gasteiger partial charge in [-0.05, 0) is 37.1 Å². The molecule has 0 bridgehead atoms. The first-order valence-electron chi connectivity index (χ1n) is 12.4. The fourth-order valence-corrected chi connectivity index (χ4v) is 5.17. The number of carbonyl (C=O) groups excluding carboxylic acids is 3. The van der Waals surface area contributed by atoms with Crippen molar-refractivity contribution in [3.05, 3.63) is 54.1 Å². The smallest absolute Gasteiger partial charge is 0.271 e. The van der Waals surface area contributed by atoms with Crippen molar-refractivity contribution in [3.8, 4) is 5.75 Å². The van der Waals surface area contributed by atoms with Crippen LogP contribution in [0.3, 0.4) is 0 Å². The second kappa shape index (κ2) is 12.1. The number of unbranched alkanes of at least 4 members (excludes halogenated alkanes) is 1. The van der Waals surface area contributed by atoms with Gasteiger partial charge >= 0.3 is 0 Å². The SMILES string of the molecule is CCCCNC(=O)CC1C(=O)N=C2c3ccccc3N=C(SC(CC)C(=O)Nc3cccc(OC)c3)N21. The maximum absolute atomic E-state index is 13.2. The molecule has 2 unspecified atom stereocenters. The fourth-order valence-electron chi connectivity index (χ4n) is 4.11. The summed E-state index contributed by atoms with van der Waals surface area (Å²) in [6, 6.07) is 13.8. The molecule has 2 aromatic rings. The van der Waals surface area contributed by atoms with Crippen molar-refractivity contribution in [2.45, 2.75) is 50.8 Å². The van der Waals surface area contributed by atoms with Crippen LogP contribution in [-0.4, -0.2) is 58.6 Å². The predicted molar refractivity (Wildman–Crippen MR) is 147 cm³/mol. The minimum atomic E-state index is -0.810. The van der Waals surface area contributed by atoms with Gasteiger partial charge in [0.1, 0.15) is 17.6 Å². The highest BCUT2D eigenvalue weighted by Gasteiger charge is 2.43. The second-order valence-corrected chi connectivity index (χ2v) is 9.88. The van der Waals surface area contributed by atoms with E-state index < -0.39 is 11.3 Å². The van der Waals surface area contributed by atoms with Gasteiger partial charge in [-0.2, -0.15) is 4.99 Å². The third-order valence-corrected chi connectivity index (χ3v) is 7.42. The zero-order valence-electron chi connectivity index (χ0n) is 21.2. The van der Waals surface area contributed by atoms with Gasteiger partial charge in [-0.1, -0.05) is 50.2 Å². The van der Waals surface area contributed by atoms with Crippen LogP contribution in [0.1, 0.15) is 45.1 Å². The number of nitrogens with zero attached hydrogens (tertiary/aromatic N) is 3. The highest BCUT2D eigenvalue weighted by molar-refractivity contribution is 8.15. The molecule has 0 aliphatic carbocycles. The Bertz CT molecular complexity index is 1240. The van der Waals surface area contributed by atoms with E-state index in [0.717, 1.165) is 18.4 Å². The summed E-state index contributed by atoms with van der Waals surface area (Å²) in [6.45, 7) is 4.53. The molecule has 10 heteroatoms. The first-order chi connectivity index (χ1) is 17.9. The average Bonchev–Trinajstić information content (AvgIpc) is 3.23. The quantitative estimate of drug-likeness (QED) is 0.455. The topological polar surface area (TPSA) is 112 Å². The molecular weight excluding hydrogens is 490 g/mol. The molecule has 2 atom stereocenters. The number of benzene rings is 2. The van der Waals surface area contributed by atoms with Crippen LogP contribution < -0.4 is 15.4 Å². The number of hydrogen-bond donors (Lipinski definition) is 2. The van der Waals surface area contributed by atoms with Gasteiger partial charge in [0.15, 0.2) is 5.17 Å². The monoisotopic (exact) mass is 521 g/mol. The number of para-hydroxylation sites is 1. The van der Waals surface area contributed by atoms with E-state index in [1.165, 1.54) is 11.8 Å². The number of nitrogens with one attached hydrogen (secondary N) is 2. The lowest BCUT2D eigenvalue weighted by Crippen LogP contribution is -2.46. The molecule has 0 radical (unpaired) electrons. The second-order valence-electron chi connectivity index (χ2n) is 8.71. The van der Waals surface area contributed by atoms with Crippen molar-refractivity contribution in [2.75, 3.05) is 19.0 Å². The van der Waals surface area contributed by atoms with Gasteiger partial charge in [-0.3, -0.25) is 19.3 Å². The van der Waals surface area contributed by atoms with Gasteiger partial charge in [0, 0.05) is 23.9 Å². The lowest BCUT2D eigenvalue weighted by molar-refractivity contribution is -0.126. The van der Waals surface area contributed by atoms with Crippen LogP contribution in [0.4, 0.5) is 11.4 Å². The Labute approximate surface area is 220 Å². The van der Waals surface area contributed by atoms with E-state index >= 15 is 0 Å². The average molecular weight is 522 g/mol. The molecule has 2 heterocycles. The summed E-state index contributed by atoms with van der Waals surface area (Å²) in [4.78, 5) is 49.7. The summed E-state index contributed by atoms with van der Waals surface area (Å²) >= 11 is 1.27. The standard InChI is InChI=1S/C27H31N5O4S/c1-4-6-14-28-23(33)16-21-25(34)31-24-19-12-7-8-13-20(19)30-27(32(21)24)37-22(5-2)26(35)29-17-10-9-11-18(15-17)36-3/h7-13,15,21-22H,4-6,14,16H2,1-3H3,(H,28,33)(H,29,35). The Morgan fingerprint density at radius 3 is 2.70 bits per heavy atom. The Balaban J connectivity index is 1.58. The minimum absolute atomic E-state index is 0.0376. The van der Waals surface area contributed by atoms with Gasteiger partial charge in [-0.25, -0.2) is 4.99 Å². The molecule has 0 spiro atoms. The van der Waals surface area contributed by atoms with E-state index in [1.807, 2.05) is 38.1 Å². The van der Waals surface area contributed by atoms with E-state index in [9.17, 15) is 14.4 Å². The Kier molecular flexibility index (Phi) is 8.60. The molecule has 2 aliphatic heterocycles. The van der Waals surface area contributed by atoms with Crippen LogP contribution in [0, 0.1) is 0 Å². The van der Waals surface area contributed by atoms with E-state index in [0.29, 0.717) is 41.1 Å². The van der Waals surface area contributed by atoms with Gasteiger partial charge in [0.2, 0.25) is 11.8 Å². The zero-order valence-corrected chi connectivity index (χ0v) is 22.0. The van der Waals surface area contributed by atoms with Crippen LogP contribution in [0.15, 0.2) is 58.5 Å². The maximum atomic E-state index is 13.2. The molecule has 0 fully saturated rings. The number of aliphatic imine (C=N–C) groups is 2. The summed E-state index contributed by atoms with van der Waals surface area (Å²) < 4.78 is 5.25. The number of fused-ring (bicyclic) bond motifs is 3. The van der Waals surface area contributed by atoms with Crippen LogP contribution in [-0.2, 0) is 14.4 Å². The largest absolute Gasteiger partial charge is 0.497 e. The molecule has 2 aliphatic rings. The van der Waals surface area contributed by atoms with Crippen molar-refractivity contribution in [1.82, 2.24) is 10.2 Å². The van der Waals surface area contributed by atoms with Crippen molar-refractivity contribution in [1.29, 1.82) is 0 Å². The lowest BCUT2D eigenvalue weighted by atomic mass is 10.1. The normalized spacial score (nSPS) is 16.8. The number of anilines is 1. The van der Waals surface area contributed by atoms with Gasteiger partial charge in [-0.15, -0.1) is 0 Å². The highest BCUT2D eigenvalue weighted by atomic mass is 32.2. The molecule has 2 N–H and O–H groups in total. The summed E-state index contributed by atoms with van der Waals surface area (Å²) in [5, 5.41) is 5.80. The molecule has 0 saturated heterocycles. The zero-order chi connectivity index (χ0) is 26.4. The molecule has 194 valence electrons. The van der Waals surface area contributed by atoms with Crippen molar-refractivity contribution in [3.63, 3.8) is 0 Å². The number of amidine groups is 2. The Morgan fingerprint density at radius 2 is 1.95 bits per heavy atom. The van der Waals surface area contributed by atoms with Crippen LogP contribution in [0.25, 0.3) is 0 Å². The Hall–Kier alpha value is -3.66. The van der Waals surface area contributed by atoms with Crippen LogP contribution in [0.5, 0.6) is 5.75 Å². The number of methoxy groups -OCH3 is 1. The highest BCUT2D eigenvalue weighted by Crippen LogP contribution is 2.36. The number of hydrogen-bond acceptors (Lipinski definition) is 7. The van der Waals surface area contributed by atoms with E-state index in [-0.39, 0.29) is 24.1 Å². The minimum Gasteiger partial charge on any atom is -0.497 e. The first kappa shape index (κ1) is 26.4. The van der Waals surface area contributed by atoms with Gasteiger partial charge in [0.25, 0.3) is 5.91 Å². The molecule has 3 amide bonds. The van der Waals surface area contributed by atoms with Crippen LogP contribution >= 0.6 is 11.8 Å². The fraction of sp³-hybridized carbons (Fsp3) is 0.370. The third kappa shape index (κ3) is 6.02. The third-order valence-electron chi connectivity index (χ3n) is 6.09. The molecule has 0 saturated carbocycles. The maximum Gasteiger partial charge on any atom is 0.271 e. The summed E-state index contributed by atoms with van der Waals surface area (Å²) in [7, 11) is 1.57. The number of rotatable bonds is 10. The van der Waals surface area contributed by atoms with Gasteiger partial charge in [0.05, 0.1) is 24.5 Å². The number of carbonyl (C=O) groups is 3. The number of ether oxygens (including phenoxy) is 1. The summed E-state index contributed by atoms with van der Waals surface area (Å²) in [5.74, 6) is 0.310. The number of amides is 3. The van der Waals surface area contributed by atoms with Crippen LogP contribution in [0.2, 0.25) is 0 Å². The molecule has 0 aromatic heterocycles. The van der Waals surface area contributed by atoms with Crippen molar-refractivity contribution >= 4 is 51.9 Å². The molecule has 9 nitrogen and oxygen atoms in total.